The fourth-order valence-electron chi connectivity index (χ4n) is 1.49. The number of carbonyl (C=O) groups excluding carboxylic acids is 1. The molecule has 1 N–H and O–H groups in total. The van der Waals surface area contributed by atoms with Crippen LogP contribution in [0.15, 0.2) is 12.3 Å². The average molecular weight is 263 g/mol. The van der Waals surface area contributed by atoms with Gasteiger partial charge in [-0.25, -0.2) is 4.79 Å². The van der Waals surface area contributed by atoms with Gasteiger partial charge in [-0.1, -0.05) is 26.0 Å². The van der Waals surface area contributed by atoms with Gasteiger partial charge in [-0.3, -0.25) is 5.10 Å². The Kier molecular flexibility index (Phi) is 3.37. The number of rotatable bonds is 3. The molecule has 0 amide bonds. The molecule has 0 aromatic carbocycles. The number of H-pyrrole nitrogens is 1. The van der Waals surface area contributed by atoms with Crippen molar-refractivity contribution in [2.24, 2.45) is 0 Å². The highest BCUT2D eigenvalue weighted by molar-refractivity contribution is 5.86. The smallest absolute Gasteiger partial charge is 0.360 e. The molecule has 0 bridgehead atoms. The maximum Gasteiger partial charge on any atom is 0.360 e. The van der Waals surface area contributed by atoms with Gasteiger partial charge in [0.15, 0.2) is 11.5 Å². The quantitative estimate of drug-likeness (QED) is 0.847. The number of hydrogen-bond donors (Lipinski definition) is 1. The van der Waals surface area contributed by atoms with Crippen LogP contribution in [0.4, 0.5) is 0 Å². The summed E-state index contributed by atoms with van der Waals surface area (Å²) in [5, 5.41) is 14.7. The number of aromatic nitrogens is 5. The highest BCUT2D eigenvalue weighted by Crippen LogP contribution is 2.21. The summed E-state index contributed by atoms with van der Waals surface area (Å²) >= 11 is 0. The Hall–Kier alpha value is -2.18. The lowest BCUT2D eigenvalue weighted by atomic mass is 9.92. The number of ether oxygens (including phenoxy) is 1. The zero-order valence-electron chi connectivity index (χ0n) is 11.5. The molecule has 0 aliphatic heterocycles. The highest BCUT2D eigenvalue weighted by Gasteiger charge is 2.18. The van der Waals surface area contributed by atoms with Gasteiger partial charge in [-0.15, -0.1) is 5.10 Å². The highest BCUT2D eigenvalue weighted by atomic mass is 16.5. The molecule has 2 aromatic rings. The minimum absolute atomic E-state index is 0.0319. The molecule has 2 aromatic heterocycles. The van der Waals surface area contributed by atoms with Crippen molar-refractivity contribution >= 4 is 5.97 Å². The third-order valence-corrected chi connectivity index (χ3v) is 2.59. The van der Waals surface area contributed by atoms with Crippen molar-refractivity contribution in [2.45, 2.75) is 33.1 Å². The Morgan fingerprint density at radius 2 is 2.21 bits per heavy atom. The number of nitrogens with one attached hydrogen (secondary N) is 1. The third-order valence-electron chi connectivity index (χ3n) is 2.59. The van der Waals surface area contributed by atoms with Crippen molar-refractivity contribution in [2.75, 3.05) is 6.61 Å². The van der Waals surface area contributed by atoms with E-state index in [1.165, 1.54) is 10.9 Å². The minimum atomic E-state index is -0.486. The minimum Gasteiger partial charge on any atom is -0.461 e. The predicted molar refractivity (Wildman–Crippen MR) is 68.2 cm³/mol. The molecule has 0 unspecified atom stereocenters. The molecule has 2 heterocycles. The summed E-state index contributed by atoms with van der Waals surface area (Å²) in [6, 6.07) is 1.88. The Morgan fingerprint density at radius 3 is 2.79 bits per heavy atom. The summed E-state index contributed by atoms with van der Waals surface area (Å²) in [6.07, 6.45) is 1.50. The predicted octanol–water partition coefficient (Wildman–Crippen LogP) is 1.46. The fourth-order valence-corrected chi connectivity index (χ4v) is 1.49. The molecule has 7 heteroatoms. The molecular formula is C12H17N5O2. The second-order valence-electron chi connectivity index (χ2n) is 5.16. The van der Waals surface area contributed by atoms with Crippen molar-refractivity contribution in [1.29, 1.82) is 0 Å². The van der Waals surface area contributed by atoms with Crippen LogP contribution in [-0.4, -0.2) is 37.8 Å². The molecule has 7 nitrogen and oxygen atoms in total. The average Bonchev–Trinajstić information content (AvgIpc) is 2.97. The van der Waals surface area contributed by atoms with Gasteiger partial charge in [0.05, 0.1) is 12.8 Å². The lowest BCUT2D eigenvalue weighted by Gasteiger charge is -2.14. The molecule has 0 saturated heterocycles. The van der Waals surface area contributed by atoms with Gasteiger partial charge in [0, 0.05) is 17.2 Å². The second kappa shape index (κ2) is 4.83. The molecular weight excluding hydrogens is 246 g/mol. The summed E-state index contributed by atoms with van der Waals surface area (Å²) < 4.78 is 6.30. The molecule has 0 radical (unpaired) electrons. The Labute approximate surface area is 111 Å². The van der Waals surface area contributed by atoms with Gasteiger partial charge >= 0.3 is 5.97 Å². The van der Waals surface area contributed by atoms with E-state index >= 15 is 0 Å². The van der Waals surface area contributed by atoms with Crippen molar-refractivity contribution in [1.82, 2.24) is 25.2 Å². The molecule has 0 atom stereocenters. The summed E-state index contributed by atoms with van der Waals surface area (Å²) in [5.74, 6) is 0.105. The van der Waals surface area contributed by atoms with Crippen LogP contribution in [0.25, 0.3) is 5.82 Å². The van der Waals surface area contributed by atoms with Crippen LogP contribution in [0.1, 0.15) is 43.9 Å². The molecule has 0 aliphatic carbocycles. The number of carbonyl (C=O) groups is 1. The normalized spacial score (nSPS) is 11.6. The van der Waals surface area contributed by atoms with E-state index in [1.54, 1.807) is 6.92 Å². The first-order valence-corrected chi connectivity index (χ1v) is 6.07. The molecule has 0 saturated carbocycles. The van der Waals surface area contributed by atoms with Gasteiger partial charge in [0.25, 0.3) is 0 Å². The number of nitrogens with zero attached hydrogens (tertiary/aromatic N) is 4. The van der Waals surface area contributed by atoms with E-state index in [2.05, 4.69) is 41.3 Å². The lowest BCUT2D eigenvalue weighted by Crippen LogP contribution is -2.11. The van der Waals surface area contributed by atoms with Gasteiger partial charge in [0.2, 0.25) is 0 Å². The Balaban J connectivity index is 2.23. The lowest BCUT2D eigenvalue weighted by molar-refractivity contribution is 0.0519. The van der Waals surface area contributed by atoms with E-state index in [4.69, 9.17) is 4.74 Å². The SMILES string of the molecule is CCOC(=O)c1cn(-c2cc(C(C)(C)C)[nH]n2)nn1. The van der Waals surface area contributed by atoms with Crippen molar-refractivity contribution in [3.63, 3.8) is 0 Å². The molecule has 102 valence electrons. The Bertz CT molecular complexity index is 579. The monoisotopic (exact) mass is 263 g/mol. The number of hydrogen-bond acceptors (Lipinski definition) is 5. The standard InChI is InChI=1S/C12H17N5O2/c1-5-19-11(18)8-7-17(16-13-8)10-6-9(14-15-10)12(2,3)4/h6-7H,5H2,1-4H3,(H,14,15). The number of aromatic amines is 1. The first kappa shape index (κ1) is 13.3. The molecule has 2 rings (SSSR count). The van der Waals surface area contributed by atoms with Gasteiger partial charge in [0.1, 0.15) is 0 Å². The van der Waals surface area contributed by atoms with Gasteiger partial charge < -0.3 is 4.74 Å². The fraction of sp³-hybridized carbons (Fsp3) is 0.500. The van der Waals surface area contributed by atoms with E-state index in [-0.39, 0.29) is 11.1 Å². The molecule has 0 aliphatic rings. The van der Waals surface area contributed by atoms with Crippen molar-refractivity contribution in [3.05, 3.63) is 23.7 Å². The summed E-state index contributed by atoms with van der Waals surface area (Å²) in [6.45, 7) is 8.29. The van der Waals surface area contributed by atoms with Crippen LogP contribution >= 0.6 is 0 Å². The van der Waals surface area contributed by atoms with Crippen LogP contribution in [0.2, 0.25) is 0 Å². The summed E-state index contributed by atoms with van der Waals surface area (Å²) in [5.41, 5.74) is 1.12. The van der Waals surface area contributed by atoms with Crippen LogP contribution in [0.3, 0.4) is 0 Å². The van der Waals surface area contributed by atoms with Gasteiger partial charge in [-0.2, -0.15) is 9.78 Å². The molecule has 0 fully saturated rings. The van der Waals surface area contributed by atoms with Crippen LogP contribution in [0.5, 0.6) is 0 Å². The number of esters is 1. The zero-order valence-corrected chi connectivity index (χ0v) is 11.5. The van der Waals surface area contributed by atoms with Crippen LogP contribution < -0.4 is 0 Å². The van der Waals surface area contributed by atoms with E-state index in [0.717, 1.165) is 5.69 Å². The second-order valence-corrected chi connectivity index (χ2v) is 5.16. The van der Waals surface area contributed by atoms with Crippen molar-refractivity contribution < 1.29 is 9.53 Å². The van der Waals surface area contributed by atoms with Crippen molar-refractivity contribution in [3.8, 4) is 5.82 Å². The summed E-state index contributed by atoms with van der Waals surface area (Å²) in [7, 11) is 0. The maximum atomic E-state index is 11.5. The van der Waals surface area contributed by atoms with Crippen LogP contribution in [-0.2, 0) is 10.2 Å². The first-order valence-electron chi connectivity index (χ1n) is 6.07. The molecule has 19 heavy (non-hydrogen) atoms. The summed E-state index contributed by atoms with van der Waals surface area (Å²) in [4.78, 5) is 11.5. The molecule has 0 spiro atoms. The Morgan fingerprint density at radius 1 is 1.47 bits per heavy atom. The zero-order chi connectivity index (χ0) is 14.0. The van der Waals surface area contributed by atoms with Crippen LogP contribution in [0, 0.1) is 0 Å². The third kappa shape index (κ3) is 2.81. The van der Waals surface area contributed by atoms with Gasteiger partial charge in [-0.05, 0) is 6.92 Å². The topological polar surface area (TPSA) is 85.7 Å². The maximum absolute atomic E-state index is 11.5. The largest absolute Gasteiger partial charge is 0.461 e. The van der Waals surface area contributed by atoms with E-state index in [1.807, 2.05) is 6.07 Å². The van der Waals surface area contributed by atoms with E-state index < -0.39 is 5.97 Å². The van der Waals surface area contributed by atoms with E-state index in [9.17, 15) is 4.79 Å². The first-order chi connectivity index (χ1) is 8.91. The van der Waals surface area contributed by atoms with E-state index in [0.29, 0.717) is 12.4 Å².